The predicted molar refractivity (Wildman–Crippen MR) is 97.5 cm³/mol. The molecule has 1 fully saturated rings. The fourth-order valence-corrected chi connectivity index (χ4v) is 3.13. The molecule has 0 atom stereocenters. The molecule has 26 heavy (non-hydrogen) atoms. The second-order valence-electron chi connectivity index (χ2n) is 5.43. The molecule has 1 aliphatic heterocycles. The van der Waals surface area contributed by atoms with Crippen molar-refractivity contribution in [3.05, 3.63) is 59.0 Å². The first-order valence-electron chi connectivity index (χ1n) is 7.56. The van der Waals surface area contributed by atoms with E-state index in [1.54, 1.807) is 30.3 Å². The van der Waals surface area contributed by atoms with Gasteiger partial charge < -0.3 is 15.5 Å². The van der Waals surface area contributed by atoms with Crippen LogP contribution in [0.1, 0.15) is 5.56 Å². The van der Waals surface area contributed by atoms with Crippen LogP contribution >= 0.6 is 11.8 Å². The Labute approximate surface area is 152 Å². The quantitative estimate of drug-likeness (QED) is 0.715. The Balaban J connectivity index is 1.72. The Morgan fingerprint density at radius 3 is 2.54 bits per heavy atom. The summed E-state index contributed by atoms with van der Waals surface area (Å²) in [5.41, 5.74) is 0.844. The Hall–Kier alpha value is -3.26. The number of hydrogen-bond acceptors (Lipinski definition) is 6. The van der Waals surface area contributed by atoms with Crippen molar-refractivity contribution in [3.63, 3.8) is 0 Å². The van der Waals surface area contributed by atoms with Gasteiger partial charge >= 0.3 is 0 Å². The number of imide groups is 1. The number of anilines is 1. The van der Waals surface area contributed by atoms with Crippen molar-refractivity contribution < 1.29 is 24.6 Å². The normalized spacial score (nSPS) is 15.5. The van der Waals surface area contributed by atoms with Crippen LogP contribution in [0, 0.1) is 0 Å². The van der Waals surface area contributed by atoms with E-state index in [-0.39, 0.29) is 22.0 Å². The molecule has 3 N–H and O–H groups in total. The van der Waals surface area contributed by atoms with Crippen LogP contribution in [0.2, 0.25) is 0 Å². The monoisotopic (exact) mass is 370 g/mol. The second-order valence-corrected chi connectivity index (χ2v) is 6.42. The molecule has 0 aromatic heterocycles. The van der Waals surface area contributed by atoms with E-state index in [0.29, 0.717) is 17.4 Å². The van der Waals surface area contributed by atoms with Crippen molar-refractivity contribution >= 4 is 40.6 Å². The average Bonchev–Trinajstić information content (AvgIpc) is 2.86. The molecule has 1 heterocycles. The Morgan fingerprint density at radius 1 is 1.12 bits per heavy atom. The fraction of sp³-hybridized carbons (Fsp3) is 0.0556. The maximum atomic E-state index is 12.4. The highest BCUT2D eigenvalue weighted by Crippen LogP contribution is 2.34. The summed E-state index contributed by atoms with van der Waals surface area (Å²) in [6.07, 6.45) is 1.34. The van der Waals surface area contributed by atoms with Gasteiger partial charge in [-0.2, -0.15) is 0 Å². The van der Waals surface area contributed by atoms with Crippen molar-refractivity contribution in [1.29, 1.82) is 0 Å². The molecule has 0 spiro atoms. The van der Waals surface area contributed by atoms with Crippen LogP contribution in [0.15, 0.2) is 53.4 Å². The molecule has 7 nitrogen and oxygen atoms in total. The molecule has 1 saturated heterocycles. The van der Waals surface area contributed by atoms with Gasteiger partial charge in [-0.3, -0.25) is 19.3 Å². The van der Waals surface area contributed by atoms with Gasteiger partial charge in [-0.1, -0.05) is 18.2 Å². The number of amides is 3. The summed E-state index contributed by atoms with van der Waals surface area (Å²) < 4.78 is 0. The van der Waals surface area contributed by atoms with Gasteiger partial charge in [0.2, 0.25) is 5.91 Å². The van der Waals surface area contributed by atoms with E-state index in [9.17, 15) is 24.6 Å². The van der Waals surface area contributed by atoms with Crippen LogP contribution in [-0.2, 0) is 9.59 Å². The van der Waals surface area contributed by atoms with Crippen LogP contribution in [-0.4, -0.2) is 38.7 Å². The molecule has 2 aromatic carbocycles. The molecule has 0 aliphatic carbocycles. The van der Waals surface area contributed by atoms with Crippen LogP contribution in [0.4, 0.5) is 10.5 Å². The first-order valence-corrected chi connectivity index (χ1v) is 8.38. The molecule has 132 valence electrons. The Morgan fingerprint density at radius 2 is 1.85 bits per heavy atom. The zero-order chi connectivity index (χ0) is 18.7. The number of thioether (sulfide) groups is 1. The summed E-state index contributed by atoms with van der Waals surface area (Å²) in [6, 6.07) is 12.6. The molecule has 0 bridgehead atoms. The third kappa shape index (κ3) is 3.86. The number of rotatable bonds is 4. The SMILES string of the molecule is O=C(CN1C(=O)S/C(=C\c2ccc(O)cc2O)C1=O)Nc1ccccc1. The van der Waals surface area contributed by atoms with E-state index in [2.05, 4.69) is 5.32 Å². The van der Waals surface area contributed by atoms with E-state index in [1.807, 2.05) is 0 Å². The molecular formula is C18H14N2O5S. The number of phenols is 2. The number of carbonyl (C=O) groups excluding carboxylic acids is 3. The van der Waals surface area contributed by atoms with Gasteiger partial charge in [-0.25, -0.2) is 0 Å². The maximum absolute atomic E-state index is 12.4. The first-order chi connectivity index (χ1) is 12.4. The number of aromatic hydroxyl groups is 2. The van der Waals surface area contributed by atoms with Gasteiger partial charge in [0.25, 0.3) is 11.1 Å². The van der Waals surface area contributed by atoms with Crippen molar-refractivity contribution in [3.8, 4) is 11.5 Å². The van der Waals surface area contributed by atoms with Crippen LogP contribution in [0.3, 0.4) is 0 Å². The largest absolute Gasteiger partial charge is 0.508 e. The molecule has 3 rings (SSSR count). The minimum atomic E-state index is -0.615. The number of nitrogens with zero attached hydrogens (tertiary/aromatic N) is 1. The molecule has 8 heteroatoms. The molecule has 1 aliphatic rings. The highest BCUT2D eigenvalue weighted by Gasteiger charge is 2.36. The van der Waals surface area contributed by atoms with E-state index >= 15 is 0 Å². The number of para-hydroxylation sites is 1. The summed E-state index contributed by atoms with van der Waals surface area (Å²) >= 11 is 0.683. The summed E-state index contributed by atoms with van der Waals surface area (Å²) in [5.74, 6) is -1.45. The number of carbonyl (C=O) groups is 3. The van der Waals surface area contributed by atoms with Crippen molar-refractivity contribution in [1.82, 2.24) is 4.90 Å². The standard InChI is InChI=1S/C18H14N2O5S/c21-13-7-6-11(14(22)9-13)8-15-17(24)20(18(25)26-15)10-16(23)19-12-4-2-1-3-5-12/h1-9,21-22H,10H2,(H,19,23)/b15-8-. The van der Waals surface area contributed by atoms with Crippen LogP contribution in [0.5, 0.6) is 11.5 Å². The van der Waals surface area contributed by atoms with Crippen LogP contribution < -0.4 is 5.32 Å². The van der Waals surface area contributed by atoms with Crippen LogP contribution in [0.25, 0.3) is 6.08 Å². The minimum absolute atomic E-state index is 0.0866. The van der Waals surface area contributed by atoms with E-state index in [0.717, 1.165) is 11.0 Å². The molecule has 0 unspecified atom stereocenters. The van der Waals surface area contributed by atoms with Gasteiger partial charge in [-0.15, -0.1) is 0 Å². The van der Waals surface area contributed by atoms with E-state index in [4.69, 9.17) is 0 Å². The molecule has 0 saturated carbocycles. The zero-order valence-electron chi connectivity index (χ0n) is 13.4. The lowest BCUT2D eigenvalue weighted by Crippen LogP contribution is -2.36. The lowest BCUT2D eigenvalue weighted by atomic mass is 10.1. The molecular weight excluding hydrogens is 356 g/mol. The minimum Gasteiger partial charge on any atom is -0.508 e. The topological polar surface area (TPSA) is 107 Å². The number of nitrogens with one attached hydrogen (secondary N) is 1. The number of phenolic OH excluding ortho intramolecular Hbond substituents is 2. The Kier molecular flexibility index (Phi) is 4.94. The highest BCUT2D eigenvalue weighted by atomic mass is 32.2. The van der Waals surface area contributed by atoms with Gasteiger partial charge in [0, 0.05) is 17.3 Å². The average molecular weight is 370 g/mol. The molecule has 2 aromatic rings. The smallest absolute Gasteiger partial charge is 0.294 e. The fourth-order valence-electron chi connectivity index (χ4n) is 2.30. The summed E-state index contributed by atoms with van der Waals surface area (Å²) in [7, 11) is 0. The number of benzene rings is 2. The van der Waals surface area contributed by atoms with Crippen molar-refractivity contribution in [2.45, 2.75) is 0 Å². The van der Waals surface area contributed by atoms with Gasteiger partial charge in [-0.05, 0) is 42.1 Å². The molecule has 0 radical (unpaired) electrons. The number of hydrogen-bond donors (Lipinski definition) is 3. The predicted octanol–water partition coefficient (Wildman–Crippen LogP) is 2.77. The summed E-state index contributed by atoms with van der Waals surface area (Å²) in [6.45, 7) is -0.404. The van der Waals surface area contributed by atoms with Crippen molar-refractivity contribution in [2.75, 3.05) is 11.9 Å². The zero-order valence-corrected chi connectivity index (χ0v) is 14.2. The van der Waals surface area contributed by atoms with Crippen molar-refractivity contribution in [2.24, 2.45) is 0 Å². The lowest BCUT2D eigenvalue weighted by Gasteiger charge is -2.12. The summed E-state index contributed by atoms with van der Waals surface area (Å²) in [5, 5.41) is 21.1. The second kappa shape index (κ2) is 7.32. The van der Waals surface area contributed by atoms with Gasteiger partial charge in [0.15, 0.2) is 0 Å². The Bertz CT molecular complexity index is 911. The lowest BCUT2D eigenvalue weighted by molar-refractivity contribution is -0.127. The van der Waals surface area contributed by atoms with E-state index in [1.165, 1.54) is 18.2 Å². The van der Waals surface area contributed by atoms with E-state index < -0.39 is 23.6 Å². The van der Waals surface area contributed by atoms with Gasteiger partial charge in [0.05, 0.1) is 4.91 Å². The third-order valence-electron chi connectivity index (χ3n) is 3.53. The third-order valence-corrected chi connectivity index (χ3v) is 4.44. The summed E-state index contributed by atoms with van der Waals surface area (Å²) in [4.78, 5) is 37.4. The highest BCUT2D eigenvalue weighted by molar-refractivity contribution is 8.18. The maximum Gasteiger partial charge on any atom is 0.294 e. The first kappa shape index (κ1) is 17.6. The van der Waals surface area contributed by atoms with Gasteiger partial charge in [0.1, 0.15) is 18.0 Å². The molecule has 3 amide bonds.